The maximum atomic E-state index is 13.1. The number of primary sulfonamides is 1. The summed E-state index contributed by atoms with van der Waals surface area (Å²) in [5.74, 6) is 0.798. The van der Waals surface area contributed by atoms with Gasteiger partial charge in [0.2, 0.25) is 15.8 Å². The van der Waals surface area contributed by atoms with Gasteiger partial charge in [-0.15, -0.1) is 10.2 Å². The number of rotatable bonds is 8. The molecule has 0 aliphatic carbocycles. The van der Waals surface area contributed by atoms with Crippen molar-refractivity contribution in [3.05, 3.63) is 77.9 Å². The molecule has 1 aliphatic rings. The molecule has 1 aromatic heterocycles. The van der Waals surface area contributed by atoms with E-state index in [9.17, 15) is 18.0 Å². The quantitative estimate of drug-likeness (QED) is 0.237. The van der Waals surface area contributed by atoms with Crippen LogP contribution in [0.3, 0.4) is 0 Å². The number of amides is 2. The first-order valence-corrected chi connectivity index (χ1v) is 18.1. The van der Waals surface area contributed by atoms with E-state index in [1.165, 1.54) is 10.9 Å². The number of alkyl carbamates (subject to hydrolysis) is 1. The summed E-state index contributed by atoms with van der Waals surface area (Å²) in [5.41, 5.74) is 0.833. The number of tetrazole rings is 1. The number of hydrogen-bond donors (Lipinski definition) is 2. The van der Waals surface area contributed by atoms with Gasteiger partial charge in [0.1, 0.15) is 17.0 Å². The maximum absolute atomic E-state index is 13.1. The van der Waals surface area contributed by atoms with Crippen LogP contribution in [0.2, 0.25) is 0 Å². The minimum absolute atomic E-state index is 0.0878. The lowest BCUT2D eigenvalue weighted by molar-refractivity contribution is 0.0115. The summed E-state index contributed by atoms with van der Waals surface area (Å²) in [7, 11) is -2.60. The van der Waals surface area contributed by atoms with E-state index in [1.54, 1.807) is 44.9 Å². The van der Waals surface area contributed by atoms with Crippen molar-refractivity contribution in [3.63, 3.8) is 0 Å². The van der Waals surface area contributed by atoms with E-state index < -0.39 is 39.0 Å². The van der Waals surface area contributed by atoms with Gasteiger partial charge in [-0.2, -0.15) is 4.80 Å². The number of nitrogens with two attached hydrogens (primary N) is 1. The first kappa shape index (κ1) is 37.2. The van der Waals surface area contributed by atoms with Gasteiger partial charge in [0.15, 0.2) is 0 Å². The highest BCUT2D eigenvalue weighted by Crippen LogP contribution is 2.38. The number of nitrogens with zero attached hydrogens (tertiary/aromatic N) is 5. The van der Waals surface area contributed by atoms with Crippen LogP contribution in [0.25, 0.3) is 22.5 Å². The largest absolute Gasteiger partial charge is 0.497 e. The third-order valence-corrected chi connectivity index (χ3v) is 9.20. The number of sulfonamides is 1. The van der Waals surface area contributed by atoms with Gasteiger partial charge in [-0.1, -0.05) is 48.5 Å². The molecule has 0 unspecified atom stereocenters. The van der Waals surface area contributed by atoms with Crippen molar-refractivity contribution in [2.24, 2.45) is 5.14 Å². The molecule has 272 valence electrons. The fraction of sp³-hybridized carbons (Fsp3) is 0.417. The summed E-state index contributed by atoms with van der Waals surface area (Å²) < 4.78 is 42.1. The average molecular weight is 720 g/mol. The summed E-state index contributed by atoms with van der Waals surface area (Å²) in [6, 6.07) is 19.6. The maximum Gasteiger partial charge on any atom is 0.410 e. The molecule has 3 N–H and O–H groups in total. The van der Waals surface area contributed by atoms with Crippen LogP contribution in [0.4, 0.5) is 9.59 Å². The van der Waals surface area contributed by atoms with E-state index in [2.05, 4.69) is 20.7 Å². The molecule has 51 heavy (non-hydrogen) atoms. The highest BCUT2D eigenvalue weighted by Gasteiger charge is 2.41. The van der Waals surface area contributed by atoms with E-state index in [-0.39, 0.29) is 22.8 Å². The second kappa shape index (κ2) is 14.3. The lowest BCUT2D eigenvalue weighted by Gasteiger charge is -2.43. The third kappa shape index (κ3) is 9.21. The minimum Gasteiger partial charge on any atom is -0.497 e. The number of benzene rings is 3. The molecule has 0 spiro atoms. The second-order valence-electron chi connectivity index (χ2n) is 14.5. The van der Waals surface area contributed by atoms with Crippen LogP contribution < -0.4 is 15.2 Å². The lowest BCUT2D eigenvalue weighted by atomic mass is 9.80. The standard InChI is InChI=1S/C36H45N7O7S/c1-34(2,3)49-32(44)38-36(19-21-42(22-20-36)33(45)50-35(4,5)6)26-15-13-25(14-16-26)28-9-8-10-29(51(37,46)47)30(28)31-39-41-43(40-31)23-24-11-17-27(48-7)18-12-24/h8-18H,19-23H2,1-7H3,(H,38,44)(H2,37,46,47). The molecular formula is C36H45N7O7S. The monoisotopic (exact) mass is 719 g/mol. The first-order chi connectivity index (χ1) is 23.9. The normalized spacial score (nSPS) is 14.9. The Balaban J connectivity index is 1.48. The van der Waals surface area contributed by atoms with Crippen molar-refractivity contribution in [2.45, 2.75) is 82.6 Å². The van der Waals surface area contributed by atoms with Gasteiger partial charge >= 0.3 is 12.2 Å². The summed E-state index contributed by atoms with van der Waals surface area (Å²) in [6.07, 6.45) is -0.194. The number of ether oxygens (including phenoxy) is 3. The Morgan fingerprint density at radius 3 is 2.10 bits per heavy atom. The van der Waals surface area contributed by atoms with Crippen molar-refractivity contribution in [3.8, 4) is 28.3 Å². The van der Waals surface area contributed by atoms with Gasteiger partial charge in [0.25, 0.3) is 0 Å². The minimum atomic E-state index is -4.19. The van der Waals surface area contributed by atoms with Gasteiger partial charge < -0.3 is 24.4 Å². The molecule has 15 heteroatoms. The van der Waals surface area contributed by atoms with Crippen LogP contribution in [0.5, 0.6) is 5.75 Å². The molecule has 0 radical (unpaired) electrons. The Labute approximate surface area is 298 Å². The fourth-order valence-electron chi connectivity index (χ4n) is 5.90. The van der Waals surface area contributed by atoms with Crippen molar-refractivity contribution in [1.82, 2.24) is 30.4 Å². The van der Waals surface area contributed by atoms with E-state index >= 15 is 0 Å². The first-order valence-electron chi connectivity index (χ1n) is 16.5. The van der Waals surface area contributed by atoms with E-state index in [4.69, 9.17) is 19.3 Å². The number of piperidine rings is 1. The van der Waals surface area contributed by atoms with E-state index in [1.807, 2.05) is 69.3 Å². The van der Waals surface area contributed by atoms with Crippen molar-refractivity contribution in [1.29, 1.82) is 0 Å². The Hall–Kier alpha value is -5.02. The molecule has 14 nitrogen and oxygen atoms in total. The zero-order chi connectivity index (χ0) is 37.2. The van der Waals surface area contributed by atoms with Gasteiger partial charge in [-0.3, -0.25) is 0 Å². The van der Waals surface area contributed by atoms with Gasteiger partial charge in [0.05, 0.1) is 29.7 Å². The molecule has 2 amide bonds. The molecule has 1 saturated heterocycles. The molecule has 0 bridgehead atoms. The van der Waals surface area contributed by atoms with Crippen LogP contribution in [0, 0.1) is 0 Å². The van der Waals surface area contributed by atoms with Crippen molar-refractivity contribution in [2.75, 3.05) is 20.2 Å². The molecule has 2 heterocycles. The van der Waals surface area contributed by atoms with Gasteiger partial charge in [-0.05, 0) is 100 Å². The SMILES string of the molecule is COc1ccc(Cn2nnc(-c3c(-c4ccc(C5(NC(=O)OC(C)(C)C)CCN(C(=O)OC(C)(C)C)CC5)cc4)cccc3S(N)(=O)=O)n2)cc1. The smallest absolute Gasteiger partial charge is 0.410 e. The number of methoxy groups -OCH3 is 1. The molecule has 1 aliphatic heterocycles. The molecule has 1 fully saturated rings. The van der Waals surface area contributed by atoms with E-state index in [0.29, 0.717) is 42.8 Å². The molecule has 0 saturated carbocycles. The molecule has 4 aromatic rings. The van der Waals surface area contributed by atoms with Crippen LogP contribution in [-0.4, -0.2) is 77.1 Å². The fourth-order valence-corrected chi connectivity index (χ4v) is 6.65. The van der Waals surface area contributed by atoms with Gasteiger partial charge in [-0.25, -0.2) is 23.1 Å². The molecule has 0 atom stereocenters. The summed E-state index contributed by atoms with van der Waals surface area (Å²) in [6.45, 7) is 11.8. The zero-order valence-corrected chi connectivity index (χ0v) is 30.8. The van der Waals surface area contributed by atoms with Crippen LogP contribution in [-0.2, 0) is 31.6 Å². The highest BCUT2D eigenvalue weighted by atomic mass is 32.2. The van der Waals surface area contributed by atoms with Crippen LogP contribution in [0.1, 0.15) is 65.5 Å². The van der Waals surface area contributed by atoms with Crippen LogP contribution in [0.15, 0.2) is 71.6 Å². The summed E-state index contributed by atoms with van der Waals surface area (Å²) in [5, 5.41) is 21.7. The summed E-state index contributed by atoms with van der Waals surface area (Å²) in [4.78, 5) is 28.9. The van der Waals surface area contributed by atoms with E-state index in [0.717, 1.165) is 11.1 Å². The Bertz CT molecular complexity index is 1970. The van der Waals surface area contributed by atoms with Crippen LogP contribution >= 0.6 is 0 Å². The Kier molecular flexibility index (Phi) is 10.4. The van der Waals surface area contributed by atoms with Crippen molar-refractivity contribution >= 4 is 22.2 Å². The van der Waals surface area contributed by atoms with Crippen molar-refractivity contribution < 1.29 is 32.2 Å². The predicted octanol–water partition coefficient (Wildman–Crippen LogP) is 5.46. The number of carbonyl (C=O) groups is 2. The second-order valence-corrected chi connectivity index (χ2v) is 16.0. The number of nitrogens with one attached hydrogen (secondary N) is 1. The summed E-state index contributed by atoms with van der Waals surface area (Å²) >= 11 is 0. The Morgan fingerprint density at radius 2 is 1.53 bits per heavy atom. The number of aromatic nitrogens is 4. The number of likely N-dealkylation sites (tertiary alicyclic amines) is 1. The predicted molar refractivity (Wildman–Crippen MR) is 190 cm³/mol. The average Bonchev–Trinajstić information content (AvgIpc) is 3.51. The topological polar surface area (TPSA) is 181 Å². The Morgan fingerprint density at radius 1 is 0.902 bits per heavy atom. The number of carbonyl (C=O) groups excluding carboxylic acids is 2. The zero-order valence-electron chi connectivity index (χ0n) is 30.0. The number of hydrogen-bond acceptors (Lipinski definition) is 10. The highest BCUT2D eigenvalue weighted by molar-refractivity contribution is 7.89. The lowest BCUT2D eigenvalue weighted by Crippen LogP contribution is -2.55. The third-order valence-electron chi connectivity index (χ3n) is 8.25. The molecule has 3 aromatic carbocycles. The molecule has 5 rings (SSSR count). The van der Waals surface area contributed by atoms with Gasteiger partial charge in [0, 0.05) is 13.1 Å². The molecular weight excluding hydrogens is 675 g/mol.